The number of carboxylic acid groups (broad SMARTS) is 1. The maximum atomic E-state index is 13.9. The van der Waals surface area contributed by atoms with Crippen molar-refractivity contribution in [2.75, 3.05) is 24.2 Å². The van der Waals surface area contributed by atoms with Gasteiger partial charge in [0.2, 0.25) is 10.0 Å². The number of sulfonamides is 1. The van der Waals surface area contributed by atoms with Gasteiger partial charge in [-0.2, -0.15) is 9.59 Å². The summed E-state index contributed by atoms with van der Waals surface area (Å²) in [6.07, 6.45) is 0.943. The summed E-state index contributed by atoms with van der Waals surface area (Å²) in [6.45, 7) is 2.32. The predicted octanol–water partition coefficient (Wildman–Crippen LogP) is 4.43. The van der Waals surface area contributed by atoms with Crippen LogP contribution in [0, 0.1) is 5.82 Å². The minimum absolute atomic E-state index is 0.00223. The smallest absolute Gasteiger partial charge is 0.463 e. The van der Waals surface area contributed by atoms with Gasteiger partial charge in [-0.1, -0.05) is 17.7 Å². The molecule has 198 valence electrons. The second kappa shape index (κ2) is 11.1. The number of halogens is 2. The monoisotopic (exact) mass is 547 g/mol. The largest absolute Gasteiger partial charge is 0.528 e. The molecular formula is C23H29ClFN2O8S+. The van der Waals surface area contributed by atoms with Gasteiger partial charge in [0.15, 0.2) is 6.73 Å². The van der Waals surface area contributed by atoms with E-state index in [9.17, 15) is 32.3 Å². The number of esters is 1. The SMILES string of the molecule is CCOC(=O)C1=CCCCC1S(=O)(=O)N(COC(=O)[N+]1(C(=O)O)CCC[C@H]1C)c1ccc(F)cc1Cl. The van der Waals surface area contributed by atoms with Gasteiger partial charge in [-0.25, -0.2) is 21.9 Å². The van der Waals surface area contributed by atoms with Gasteiger partial charge in [0.05, 0.1) is 22.9 Å². The van der Waals surface area contributed by atoms with Crippen molar-refractivity contribution in [2.24, 2.45) is 0 Å². The van der Waals surface area contributed by atoms with Crippen molar-refractivity contribution >= 4 is 45.5 Å². The van der Waals surface area contributed by atoms with Crippen molar-refractivity contribution < 1.29 is 46.3 Å². The lowest BCUT2D eigenvalue weighted by Crippen LogP contribution is -2.59. The van der Waals surface area contributed by atoms with E-state index in [1.807, 2.05) is 0 Å². The van der Waals surface area contributed by atoms with Gasteiger partial charge >= 0.3 is 18.2 Å². The highest BCUT2D eigenvalue weighted by molar-refractivity contribution is 7.93. The molecule has 1 N–H and O–H groups in total. The van der Waals surface area contributed by atoms with E-state index in [0.29, 0.717) is 30.0 Å². The molecule has 2 aliphatic rings. The molecule has 1 aromatic rings. The van der Waals surface area contributed by atoms with Crippen LogP contribution in [0.4, 0.5) is 19.7 Å². The molecule has 0 radical (unpaired) electrons. The third-order valence-electron chi connectivity index (χ3n) is 6.60. The number of allylic oxidation sites excluding steroid dienone is 1. The van der Waals surface area contributed by atoms with Crippen LogP contribution >= 0.6 is 11.6 Å². The molecule has 2 unspecified atom stereocenters. The van der Waals surface area contributed by atoms with Crippen LogP contribution in [-0.4, -0.2) is 67.3 Å². The molecule has 2 amide bonds. The fraction of sp³-hybridized carbons (Fsp3) is 0.522. The normalized spacial score (nSPS) is 24.1. The van der Waals surface area contributed by atoms with E-state index in [-0.39, 0.29) is 35.9 Å². The van der Waals surface area contributed by atoms with Gasteiger partial charge < -0.3 is 14.6 Å². The molecule has 0 bridgehead atoms. The van der Waals surface area contributed by atoms with Crippen LogP contribution in [0.3, 0.4) is 0 Å². The Balaban J connectivity index is 2.01. The Bertz CT molecular complexity index is 1170. The molecule has 1 fully saturated rings. The van der Waals surface area contributed by atoms with E-state index in [0.717, 1.165) is 18.2 Å². The molecule has 1 saturated heterocycles. The average molecular weight is 548 g/mol. The minimum Gasteiger partial charge on any atom is -0.463 e. The molecule has 3 atom stereocenters. The van der Waals surface area contributed by atoms with Crippen molar-refractivity contribution in [3.63, 3.8) is 0 Å². The number of carbonyl (C=O) groups is 3. The number of nitrogens with zero attached hydrogens (tertiary/aromatic N) is 2. The van der Waals surface area contributed by atoms with Crippen LogP contribution in [-0.2, 0) is 24.3 Å². The molecule has 0 aromatic heterocycles. The Morgan fingerprint density at radius 1 is 1.22 bits per heavy atom. The van der Waals surface area contributed by atoms with E-state index >= 15 is 0 Å². The highest BCUT2D eigenvalue weighted by Crippen LogP contribution is 2.35. The first kappa shape index (κ1) is 27.9. The number of benzene rings is 1. The summed E-state index contributed by atoms with van der Waals surface area (Å²) in [4.78, 5) is 37.6. The first-order chi connectivity index (χ1) is 17.0. The van der Waals surface area contributed by atoms with E-state index in [1.54, 1.807) is 13.8 Å². The third kappa shape index (κ3) is 5.21. The van der Waals surface area contributed by atoms with Gasteiger partial charge in [-0.15, -0.1) is 4.48 Å². The van der Waals surface area contributed by atoms with E-state index < -0.39 is 56.5 Å². The van der Waals surface area contributed by atoms with Crippen LogP contribution < -0.4 is 4.31 Å². The van der Waals surface area contributed by atoms with E-state index in [4.69, 9.17) is 21.1 Å². The summed E-state index contributed by atoms with van der Waals surface area (Å²) in [6, 6.07) is 2.42. The third-order valence-corrected chi connectivity index (χ3v) is 9.02. The van der Waals surface area contributed by atoms with Gasteiger partial charge in [0.25, 0.3) is 0 Å². The summed E-state index contributed by atoms with van der Waals surface area (Å²) in [5, 5.41) is 8.18. The van der Waals surface area contributed by atoms with Gasteiger partial charge in [0, 0.05) is 12.8 Å². The van der Waals surface area contributed by atoms with Crippen molar-refractivity contribution in [3.8, 4) is 0 Å². The Morgan fingerprint density at radius 2 is 1.94 bits per heavy atom. The molecule has 36 heavy (non-hydrogen) atoms. The highest BCUT2D eigenvalue weighted by atomic mass is 35.5. The standard InChI is InChI=1S/C23H28ClFN2O8S/c1-3-34-21(28)17-8-4-5-9-20(17)36(32,33)26(19-11-10-16(25)13-18(19)24)14-35-23(31)27(22(29)30)12-6-7-15(27)2/h8,10-11,13,15,20H,3-7,9,12,14H2,1-2H3/p+1/t15-,20?,27?/m1/s1. The zero-order valence-corrected chi connectivity index (χ0v) is 21.6. The predicted molar refractivity (Wildman–Crippen MR) is 128 cm³/mol. The number of quaternary nitrogens is 1. The number of carbonyl (C=O) groups excluding carboxylic acids is 2. The quantitative estimate of drug-likeness (QED) is 0.302. The minimum atomic E-state index is -4.47. The number of likely N-dealkylation sites (tertiary alicyclic amines) is 1. The fourth-order valence-electron chi connectivity index (χ4n) is 4.64. The number of amides is 2. The number of imide groups is 1. The van der Waals surface area contributed by atoms with Crippen molar-refractivity contribution in [3.05, 3.63) is 40.7 Å². The second-order valence-corrected chi connectivity index (χ2v) is 11.1. The second-order valence-electron chi connectivity index (χ2n) is 8.69. The first-order valence-electron chi connectivity index (χ1n) is 11.6. The zero-order chi connectivity index (χ0) is 26.7. The number of rotatable bonds is 7. The summed E-state index contributed by atoms with van der Waals surface area (Å²) in [7, 11) is -4.47. The van der Waals surface area contributed by atoms with E-state index in [1.165, 1.54) is 6.08 Å². The molecule has 0 spiro atoms. The van der Waals surface area contributed by atoms with Crippen LogP contribution in [0.1, 0.15) is 46.0 Å². The lowest BCUT2D eigenvalue weighted by atomic mass is 9.99. The summed E-state index contributed by atoms with van der Waals surface area (Å²) in [5.41, 5.74) is -0.240. The average Bonchev–Trinajstić information content (AvgIpc) is 3.22. The van der Waals surface area contributed by atoms with Gasteiger partial charge in [-0.05, 0) is 51.3 Å². The lowest BCUT2D eigenvalue weighted by Gasteiger charge is -2.33. The van der Waals surface area contributed by atoms with Gasteiger partial charge in [-0.3, -0.25) is 0 Å². The molecule has 13 heteroatoms. The maximum absolute atomic E-state index is 13.9. The summed E-state index contributed by atoms with van der Waals surface area (Å²) < 4.78 is 51.5. The molecule has 1 aliphatic heterocycles. The van der Waals surface area contributed by atoms with Crippen molar-refractivity contribution in [2.45, 2.75) is 57.2 Å². The Hall–Kier alpha value is -2.70. The summed E-state index contributed by atoms with van der Waals surface area (Å²) >= 11 is 6.17. The van der Waals surface area contributed by atoms with Crippen molar-refractivity contribution in [1.82, 2.24) is 0 Å². The number of ether oxygens (including phenoxy) is 2. The molecule has 1 heterocycles. The lowest BCUT2D eigenvalue weighted by molar-refractivity contribution is -0.795. The van der Waals surface area contributed by atoms with Crippen molar-refractivity contribution in [1.29, 1.82) is 0 Å². The molecule has 1 aromatic carbocycles. The first-order valence-corrected chi connectivity index (χ1v) is 13.5. The van der Waals surface area contributed by atoms with Crippen LogP contribution in [0.25, 0.3) is 0 Å². The molecular weight excluding hydrogens is 519 g/mol. The fourth-order valence-corrected chi connectivity index (χ4v) is 6.88. The van der Waals surface area contributed by atoms with Gasteiger partial charge in [0.1, 0.15) is 23.7 Å². The number of hydrogen-bond donors (Lipinski definition) is 1. The Kier molecular flexibility index (Phi) is 8.63. The summed E-state index contributed by atoms with van der Waals surface area (Å²) in [5.74, 6) is -1.50. The number of anilines is 1. The Labute approximate surface area is 213 Å². The van der Waals surface area contributed by atoms with E-state index in [2.05, 4.69) is 0 Å². The van der Waals surface area contributed by atoms with Crippen LogP contribution in [0.15, 0.2) is 29.8 Å². The molecule has 3 rings (SSSR count). The van der Waals surface area contributed by atoms with Crippen LogP contribution in [0.5, 0.6) is 0 Å². The van der Waals surface area contributed by atoms with Crippen LogP contribution in [0.2, 0.25) is 5.02 Å². The topological polar surface area (TPSA) is 127 Å². The maximum Gasteiger partial charge on any atom is 0.528 e. The molecule has 0 saturated carbocycles. The Morgan fingerprint density at radius 3 is 2.53 bits per heavy atom. The molecule has 10 nitrogen and oxygen atoms in total. The molecule has 1 aliphatic carbocycles. The zero-order valence-electron chi connectivity index (χ0n) is 20.0. The number of hydrogen-bond acceptors (Lipinski definition) is 7. The highest BCUT2D eigenvalue weighted by Gasteiger charge is 2.55.